The van der Waals surface area contributed by atoms with Gasteiger partial charge in [0, 0.05) is 32.2 Å². The van der Waals surface area contributed by atoms with Crippen LogP contribution in [0.1, 0.15) is 78.0 Å². The maximum Gasteiger partial charge on any atom is 0.410 e. The van der Waals surface area contributed by atoms with Crippen LogP contribution in [0.2, 0.25) is 19.6 Å². The molecule has 7 nitrogen and oxygen atoms in total. The predicted molar refractivity (Wildman–Crippen MR) is 196 cm³/mol. The molecular formula is C39H53N5O2Si. The maximum atomic E-state index is 12.4. The number of rotatable bonds is 10. The molecule has 47 heavy (non-hydrogen) atoms. The summed E-state index contributed by atoms with van der Waals surface area (Å²) in [6.45, 7) is 14.9. The molecule has 1 aliphatic rings. The Balaban J connectivity index is 1.44. The van der Waals surface area contributed by atoms with Crippen LogP contribution in [-0.4, -0.2) is 57.4 Å². The smallest absolute Gasteiger partial charge is 0.410 e. The molecule has 2 aromatic carbocycles. The van der Waals surface area contributed by atoms with Crippen LogP contribution in [0.25, 0.3) is 33.5 Å². The van der Waals surface area contributed by atoms with Crippen LogP contribution in [0.4, 0.5) is 4.79 Å². The fourth-order valence-electron chi connectivity index (χ4n) is 6.32. The first kappa shape index (κ1) is 34.5. The van der Waals surface area contributed by atoms with Gasteiger partial charge in [0.25, 0.3) is 0 Å². The number of imidazole rings is 2. The highest BCUT2D eigenvalue weighted by Crippen LogP contribution is 2.33. The van der Waals surface area contributed by atoms with E-state index in [-0.39, 0.29) is 6.09 Å². The number of unbranched alkanes of at least 4 members (excludes halogenated alkanes) is 2. The summed E-state index contributed by atoms with van der Waals surface area (Å²) in [7, 11) is 0.206. The normalized spacial score (nSPS) is 14.2. The minimum Gasteiger partial charge on any atom is -0.444 e. The van der Waals surface area contributed by atoms with E-state index < -0.39 is 13.7 Å². The lowest BCUT2D eigenvalue weighted by molar-refractivity contribution is 0.0296. The van der Waals surface area contributed by atoms with E-state index >= 15 is 0 Å². The lowest BCUT2D eigenvalue weighted by Crippen LogP contribution is -2.34. The molecule has 0 aliphatic heterocycles. The topological polar surface area (TPSA) is 65.2 Å². The van der Waals surface area contributed by atoms with Crippen molar-refractivity contribution in [2.45, 2.75) is 110 Å². The molecule has 2 aromatic heterocycles. The average Bonchev–Trinajstić information content (AvgIpc) is 3.62. The van der Waals surface area contributed by atoms with Gasteiger partial charge in [-0.15, -0.1) is 5.54 Å². The Morgan fingerprint density at radius 1 is 0.936 bits per heavy atom. The molecular weight excluding hydrogens is 599 g/mol. The Kier molecular flexibility index (Phi) is 11.0. The molecule has 0 unspecified atom stereocenters. The van der Waals surface area contributed by atoms with Gasteiger partial charge in [-0.25, -0.2) is 14.8 Å². The minimum atomic E-state index is -1.61. The molecule has 1 saturated carbocycles. The Morgan fingerprint density at radius 3 is 2.38 bits per heavy atom. The second kappa shape index (κ2) is 14.9. The summed E-state index contributed by atoms with van der Waals surface area (Å²) in [5, 5.41) is 2.49. The van der Waals surface area contributed by atoms with Gasteiger partial charge in [0.2, 0.25) is 0 Å². The molecule has 5 rings (SSSR count). The van der Waals surface area contributed by atoms with Crippen molar-refractivity contribution in [1.82, 2.24) is 24.0 Å². The highest BCUT2D eigenvalue weighted by Gasteiger charge is 2.23. The number of carbonyl (C=O) groups excluding carboxylic acids is 1. The number of hydrogen-bond donors (Lipinski definition) is 0. The fraction of sp³-hybridized carbons (Fsp3) is 0.513. The largest absolute Gasteiger partial charge is 0.444 e. The van der Waals surface area contributed by atoms with E-state index in [0.29, 0.717) is 12.5 Å². The van der Waals surface area contributed by atoms with Gasteiger partial charge >= 0.3 is 6.09 Å². The molecule has 0 bridgehead atoms. The van der Waals surface area contributed by atoms with E-state index in [0.717, 1.165) is 55.4 Å². The van der Waals surface area contributed by atoms with Crippen LogP contribution < -0.4 is 0 Å². The molecule has 0 saturated heterocycles. The molecule has 1 amide bonds. The van der Waals surface area contributed by atoms with Crippen LogP contribution in [0.5, 0.6) is 0 Å². The SMILES string of the molecule is CN(CCCCCn1c(-c2ncc(-c3ccc4ccccc4c3)n2CC2CCCCC2)cnc1C#C[Si](C)(C)C)C(=O)OC(C)(C)C. The first-order chi connectivity index (χ1) is 22.4. The van der Waals surface area contributed by atoms with E-state index in [2.05, 4.69) is 88.9 Å². The van der Waals surface area contributed by atoms with Gasteiger partial charge in [0.1, 0.15) is 19.4 Å². The third-order valence-electron chi connectivity index (χ3n) is 8.78. The monoisotopic (exact) mass is 651 g/mol. The number of benzene rings is 2. The van der Waals surface area contributed by atoms with Gasteiger partial charge in [-0.1, -0.05) is 75.3 Å². The number of carbonyl (C=O) groups is 1. The van der Waals surface area contributed by atoms with Gasteiger partial charge in [-0.2, -0.15) is 0 Å². The Labute approximate surface area is 282 Å². The molecule has 250 valence electrons. The van der Waals surface area contributed by atoms with Crippen molar-refractivity contribution in [3.63, 3.8) is 0 Å². The summed E-state index contributed by atoms with van der Waals surface area (Å²) in [5.41, 5.74) is 6.42. The molecule has 0 N–H and O–H groups in total. The highest BCUT2D eigenvalue weighted by molar-refractivity contribution is 6.83. The molecule has 0 radical (unpaired) electrons. The van der Waals surface area contributed by atoms with Crippen LogP contribution in [0.3, 0.4) is 0 Å². The van der Waals surface area contributed by atoms with E-state index in [1.807, 2.05) is 34.0 Å². The van der Waals surface area contributed by atoms with Crippen LogP contribution in [0, 0.1) is 17.4 Å². The van der Waals surface area contributed by atoms with Crippen LogP contribution in [0.15, 0.2) is 54.9 Å². The van der Waals surface area contributed by atoms with Crippen molar-refractivity contribution in [2.75, 3.05) is 13.6 Å². The van der Waals surface area contributed by atoms with Crippen molar-refractivity contribution in [3.8, 4) is 34.2 Å². The molecule has 1 fully saturated rings. The molecule has 0 spiro atoms. The maximum absolute atomic E-state index is 12.4. The first-order valence-electron chi connectivity index (χ1n) is 17.5. The molecule has 0 atom stereocenters. The highest BCUT2D eigenvalue weighted by atomic mass is 28.3. The summed E-state index contributed by atoms with van der Waals surface area (Å²) in [6, 6.07) is 15.3. The van der Waals surface area contributed by atoms with E-state index in [9.17, 15) is 4.79 Å². The molecule has 1 aliphatic carbocycles. The van der Waals surface area contributed by atoms with Crippen molar-refractivity contribution in [3.05, 3.63) is 60.7 Å². The Hall–Kier alpha value is -3.83. The summed E-state index contributed by atoms with van der Waals surface area (Å²) in [4.78, 5) is 24.1. The predicted octanol–water partition coefficient (Wildman–Crippen LogP) is 9.41. The van der Waals surface area contributed by atoms with Gasteiger partial charge in [-0.05, 0) is 81.6 Å². The third-order valence-corrected chi connectivity index (χ3v) is 9.66. The van der Waals surface area contributed by atoms with E-state index in [1.165, 1.54) is 48.4 Å². The summed E-state index contributed by atoms with van der Waals surface area (Å²) in [6.07, 6.45) is 13.1. The first-order valence-corrected chi connectivity index (χ1v) is 21.0. The molecule has 4 aromatic rings. The number of hydrogen-bond acceptors (Lipinski definition) is 4. The standard InChI is InChI=1S/C39H53N5O2Si/c1-39(2,3)46-38(45)42(4)23-14-9-15-24-43-35(28-40-36(43)22-25-47(5,6)7)37-41-27-34(44(37)29-30-16-10-8-11-17-30)33-21-20-31-18-12-13-19-32(31)26-33/h12-13,18-21,26-28,30H,8-11,14-17,23-24,29H2,1-7H3. The lowest BCUT2D eigenvalue weighted by atomic mass is 9.89. The number of ether oxygens (including phenoxy) is 1. The lowest BCUT2D eigenvalue weighted by Gasteiger charge is -2.24. The van der Waals surface area contributed by atoms with Crippen molar-refractivity contribution in [1.29, 1.82) is 0 Å². The number of nitrogens with zero attached hydrogens (tertiary/aromatic N) is 5. The van der Waals surface area contributed by atoms with Crippen molar-refractivity contribution < 1.29 is 9.53 Å². The fourth-order valence-corrected chi connectivity index (χ4v) is 6.81. The Morgan fingerprint density at radius 2 is 1.66 bits per heavy atom. The van der Waals surface area contributed by atoms with Gasteiger partial charge in [0.15, 0.2) is 11.6 Å². The minimum absolute atomic E-state index is 0.273. The Bertz CT molecular complexity index is 1720. The number of fused-ring (bicyclic) bond motifs is 1. The van der Waals surface area contributed by atoms with Crippen LogP contribution >= 0.6 is 0 Å². The van der Waals surface area contributed by atoms with Crippen molar-refractivity contribution in [2.24, 2.45) is 5.92 Å². The van der Waals surface area contributed by atoms with Crippen LogP contribution in [-0.2, 0) is 17.8 Å². The van der Waals surface area contributed by atoms with E-state index in [4.69, 9.17) is 14.7 Å². The quantitative estimate of drug-likeness (QED) is 0.0974. The zero-order valence-corrected chi connectivity index (χ0v) is 30.6. The zero-order chi connectivity index (χ0) is 33.6. The molecule has 2 heterocycles. The second-order valence-electron chi connectivity index (χ2n) is 15.2. The third kappa shape index (κ3) is 9.38. The number of aromatic nitrogens is 4. The van der Waals surface area contributed by atoms with Gasteiger partial charge in [0.05, 0.1) is 18.1 Å². The zero-order valence-electron chi connectivity index (χ0n) is 29.6. The summed E-state index contributed by atoms with van der Waals surface area (Å²) < 4.78 is 10.3. The van der Waals surface area contributed by atoms with Gasteiger partial charge < -0.3 is 18.8 Å². The summed E-state index contributed by atoms with van der Waals surface area (Å²) >= 11 is 0. The molecule has 8 heteroatoms. The van der Waals surface area contributed by atoms with Crippen molar-refractivity contribution >= 4 is 24.9 Å². The summed E-state index contributed by atoms with van der Waals surface area (Å²) in [5.74, 6) is 5.88. The average molecular weight is 652 g/mol. The van der Waals surface area contributed by atoms with Gasteiger partial charge in [-0.3, -0.25) is 0 Å². The van der Waals surface area contributed by atoms with E-state index in [1.54, 1.807) is 4.90 Å². The second-order valence-corrected chi connectivity index (χ2v) is 20.0. The number of amides is 1.